The number of aromatic nitrogens is 1. The first-order valence-electron chi connectivity index (χ1n) is 8.14. The van der Waals surface area contributed by atoms with Gasteiger partial charge in [0.2, 0.25) is 5.91 Å². The summed E-state index contributed by atoms with van der Waals surface area (Å²) in [7, 11) is 0. The fourth-order valence-corrected chi connectivity index (χ4v) is 3.32. The van der Waals surface area contributed by atoms with E-state index in [1.807, 2.05) is 48.5 Å². The topological polar surface area (TPSA) is 70.5 Å². The first kappa shape index (κ1) is 16.2. The molecule has 1 aromatic carbocycles. The van der Waals surface area contributed by atoms with Gasteiger partial charge < -0.3 is 10.0 Å². The Morgan fingerprint density at radius 1 is 1.17 bits per heavy atom. The van der Waals surface area contributed by atoms with E-state index in [1.165, 1.54) is 0 Å². The zero-order valence-electron chi connectivity index (χ0n) is 13.3. The zero-order valence-corrected chi connectivity index (χ0v) is 13.3. The third-order valence-electron chi connectivity index (χ3n) is 4.50. The molecule has 0 aliphatic carbocycles. The lowest BCUT2D eigenvalue weighted by atomic mass is 9.84. The molecule has 5 nitrogen and oxygen atoms in total. The Morgan fingerprint density at radius 2 is 1.92 bits per heavy atom. The van der Waals surface area contributed by atoms with Gasteiger partial charge in [0.15, 0.2) is 0 Å². The minimum absolute atomic E-state index is 0.0114. The van der Waals surface area contributed by atoms with Crippen LogP contribution in [0.1, 0.15) is 30.1 Å². The number of hydrogen-bond donors (Lipinski definition) is 1. The van der Waals surface area contributed by atoms with Gasteiger partial charge >= 0.3 is 5.97 Å². The molecule has 2 heterocycles. The number of pyridine rings is 1. The molecule has 0 unspecified atom stereocenters. The minimum atomic E-state index is -0.848. The first-order valence-corrected chi connectivity index (χ1v) is 8.14. The van der Waals surface area contributed by atoms with E-state index >= 15 is 0 Å². The molecule has 1 aromatic heterocycles. The molecule has 0 spiro atoms. The van der Waals surface area contributed by atoms with Crippen molar-refractivity contribution in [3.8, 4) is 0 Å². The fraction of sp³-hybridized carbons (Fsp3) is 0.316. The molecule has 1 fully saturated rings. The van der Waals surface area contributed by atoms with Gasteiger partial charge in [-0.3, -0.25) is 14.6 Å². The third-order valence-corrected chi connectivity index (χ3v) is 4.50. The summed E-state index contributed by atoms with van der Waals surface area (Å²) in [5.74, 6) is -1.41. The summed E-state index contributed by atoms with van der Waals surface area (Å²) in [6.07, 6.45) is 3.00. The molecular weight excluding hydrogens is 304 g/mol. The molecule has 1 aliphatic rings. The number of aliphatic carboxylic acids is 1. The molecule has 1 saturated heterocycles. The molecule has 2 atom stereocenters. The number of carbonyl (C=O) groups is 2. The Hall–Kier alpha value is -2.69. The monoisotopic (exact) mass is 324 g/mol. The van der Waals surface area contributed by atoms with Gasteiger partial charge in [-0.1, -0.05) is 36.4 Å². The van der Waals surface area contributed by atoms with Crippen LogP contribution >= 0.6 is 0 Å². The van der Waals surface area contributed by atoms with Crippen molar-refractivity contribution in [2.24, 2.45) is 5.92 Å². The molecule has 1 N–H and O–H groups in total. The molecule has 0 bridgehead atoms. The Balaban J connectivity index is 1.87. The van der Waals surface area contributed by atoms with Crippen LogP contribution in [0, 0.1) is 5.92 Å². The van der Waals surface area contributed by atoms with Crippen molar-refractivity contribution in [1.29, 1.82) is 0 Å². The van der Waals surface area contributed by atoms with E-state index < -0.39 is 17.9 Å². The van der Waals surface area contributed by atoms with Crippen LogP contribution in [0.4, 0.5) is 0 Å². The van der Waals surface area contributed by atoms with Crippen molar-refractivity contribution in [2.45, 2.75) is 25.3 Å². The number of piperidine rings is 1. The Bertz CT molecular complexity index is 703. The standard InChI is InChI=1S/C19H20N2O3/c22-17-10-9-16(19(23)24)18(14-6-2-1-3-7-14)21(17)13-11-15-8-4-5-12-20-15/h1-8,12,16,18H,9-11,13H2,(H,23,24)/t16-,18+/m1/s1. The van der Waals surface area contributed by atoms with E-state index in [2.05, 4.69) is 4.98 Å². The maximum atomic E-state index is 12.5. The smallest absolute Gasteiger partial charge is 0.308 e. The number of carboxylic acid groups (broad SMARTS) is 1. The summed E-state index contributed by atoms with van der Waals surface area (Å²) in [5.41, 5.74) is 1.77. The average molecular weight is 324 g/mol. The summed E-state index contributed by atoms with van der Waals surface area (Å²) in [6.45, 7) is 0.471. The van der Waals surface area contributed by atoms with Crippen LogP contribution in [0.3, 0.4) is 0 Å². The molecule has 1 aliphatic heterocycles. The minimum Gasteiger partial charge on any atom is -0.481 e. The van der Waals surface area contributed by atoms with Crippen molar-refractivity contribution >= 4 is 11.9 Å². The highest BCUT2D eigenvalue weighted by atomic mass is 16.4. The number of hydrogen-bond acceptors (Lipinski definition) is 3. The Kier molecular flexibility index (Phi) is 4.89. The molecule has 124 valence electrons. The van der Waals surface area contributed by atoms with E-state index in [9.17, 15) is 14.7 Å². The molecule has 1 amide bonds. The van der Waals surface area contributed by atoms with Gasteiger partial charge in [-0.25, -0.2) is 0 Å². The van der Waals surface area contributed by atoms with E-state index in [-0.39, 0.29) is 12.3 Å². The number of carboxylic acids is 1. The lowest BCUT2D eigenvalue weighted by Crippen LogP contribution is -2.46. The molecule has 24 heavy (non-hydrogen) atoms. The van der Waals surface area contributed by atoms with E-state index in [4.69, 9.17) is 0 Å². The third kappa shape index (κ3) is 3.45. The van der Waals surface area contributed by atoms with Crippen molar-refractivity contribution in [2.75, 3.05) is 6.54 Å². The maximum absolute atomic E-state index is 12.5. The lowest BCUT2D eigenvalue weighted by Gasteiger charge is -2.39. The molecule has 2 aromatic rings. The summed E-state index contributed by atoms with van der Waals surface area (Å²) in [6, 6.07) is 14.7. The fourth-order valence-electron chi connectivity index (χ4n) is 3.32. The first-order chi connectivity index (χ1) is 11.7. The van der Waals surface area contributed by atoms with Gasteiger partial charge in [-0.15, -0.1) is 0 Å². The predicted octanol–water partition coefficient (Wildman–Crippen LogP) is 2.69. The van der Waals surface area contributed by atoms with Crippen molar-refractivity contribution in [3.05, 3.63) is 66.0 Å². The Labute approximate surface area is 140 Å². The molecule has 0 radical (unpaired) electrons. The number of benzene rings is 1. The number of rotatable bonds is 5. The lowest BCUT2D eigenvalue weighted by molar-refractivity contribution is -0.152. The highest BCUT2D eigenvalue weighted by molar-refractivity contribution is 5.81. The highest BCUT2D eigenvalue weighted by Gasteiger charge is 2.40. The van der Waals surface area contributed by atoms with Crippen molar-refractivity contribution in [1.82, 2.24) is 9.88 Å². The maximum Gasteiger partial charge on any atom is 0.308 e. The summed E-state index contributed by atoms with van der Waals surface area (Å²) in [4.78, 5) is 30.2. The second-order valence-electron chi connectivity index (χ2n) is 6.00. The predicted molar refractivity (Wildman–Crippen MR) is 89.2 cm³/mol. The van der Waals surface area contributed by atoms with Gasteiger partial charge in [0.25, 0.3) is 0 Å². The van der Waals surface area contributed by atoms with E-state index in [0.29, 0.717) is 19.4 Å². The largest absolute Gasteiger partial charge is 0.481 e. The highest BCUT2D eigenvalue weighted by Crippen LogP contribution is 2.36. The van der Waals surface area contributed by atoms with Crippen LogP contribution in [0.15, 0.2) is 54.7 Å². The number of nitrogens with zero attached hydrogens (tertiary/aromatic N) is 2. The summed E-state index contributed by atoms with van der Waals surface area (Å²) < 4.78 is 0. The van der Waals surface area contributed by atoms with Crippen LogP contribution < -0.4 is 0 Å². The quantitative estimate of drug-likeness (QED) is 0.918. The molecule has 5 heteroatoms. The van der Waals surface area contributed by atoms with Crippen LogP contribution in [0.25, 0.3) is 0 Å². The van der Waals surface area contributed by atoms with Crippen molar-refractivity contribution < 1.29 is 14.7 Å². The summed E-state index contributed by atoms with van der Waals surface area (Å²) in [5, 5.41) is 9.61. The van der Waals surface area contributed by atoms with Gasteiger partial charge in [-0.2, -0.15) is 0 Å². The van der Waals surface area contributed by atoms with Gasteiger partial charge in [-0.05, 0) is 24.1 Å². The zero-order chi connectivity index (χ0) is 16.9. The van der Waals surface area contributed by atoms with Gasteiger partial charge in [0, 0.05) is 31.3 Å². The van der Waals surface area contributed by atoms with Crippen LogP contribution in [-0.4, -0.2) is 33.4 Å². The van der Waals surface area contributed by atoms with Crippen molar-refractivity contribution in [3.63, 3.8) is 0 Å². The van der Waals surface area contributed by atoms with E-state index in [1.54, 1.807) is 11.1 Å². The second kappa shape index (κ2) is 7.25. The molecule has 0 saturated carbocycles. The normalized spacial score (nSPS) is 20.8. The van der Waals surface area contributed by atoms with Crippen LogP contribution in [0.5, 0.6) is 0 Å². The van der Waals surface area contributed by atoms with E-state index in [0.717, 1.165) is 11.3 Å². The Morgan fingerprint density at radius 3 is 2.58 bits per heavy atom. The SMILES string of the molecule is O=C(O)[C@@H]1CCC(=O)N(CCc2ccccn2)[C@H]1c1ccccc1. The van der Waals surface area contributed by atoms with Crippen LogP contribution in [-0.2, 0) is 16.0 Å². The van der Waals surface area contributed by atoms with Crippen LogP contribution in [0.2, 0.25) is 0 Å². The second-order valence-corrected chi connectivity index (χ2v) is 6.00. The number of carbonyl (C=O) groups excluding carboxylic acids is 1. The van der Waals surface area contributed by atoms with Gasteiger partial charge in [0.05, 0.1) is 12.0 Å². The molecule has 3 rings (SSSR count). The van der Waals surface area contributed by atoms with Gasteiger partial charge in [0.1, 0.15) is 0 Å². The average Bonchev–Trinajstić information content (AvgIpc) is 2.61. The number of amides is 1. The number of likely N-dealkylation sites (tertiary alicyclic amines) is 1. The molecular formula is C19H20N2O3. The summed E-state index contributed by atoms with van der Waals surface area (Å²) >= 11 is 0.